The standard InChI is InChI=1S/C20H19F3N2O2/c1-11-6-4-9-14(18(11)27-3)16-17(26)15(19(24)25(16)2)12-7-5-8-13(10-12)20(21,22)23/h4-10,16,24,26H,1-3H3. The summed E-state index contributed by atoms with van der Waals surface area (Å²) in [4.78, 5) is 1.52. The number of rotatable bonds is 3. The number of alkyl halides is 3. The first-order valence-electron chi connectivity index (χ1n) is 8.22. The summed E-state index contributed by atoms with van der Waals surface area (Å²) in [5.74, 6) is 0.338. The fourth-order valence-electron chi connectivity index (χ4n) is 3.41. The summed E-state index contributed by atoms with van der Waals surface area (Å²) < 4.78 is 44.6. The highest BCUT2D eigenvalue weighted by Gasteiger charge is 2.39. The zero-order valence-corrected chi connectivity index (χ0v) is 15.1. The molecule has 142 valence electrons. The molecule has 0 aromatic heterocycles. The molecule has 7 heteroatoms. The second-order valence-electron chi connectivity index (χ2n) is 6.40. The average Bonchev–Trinajstić information content (AvgIpc) is 2.83. The van der Waals surface area contributed by atoms with E-state index in [1.165, 1.54) is 24.1 Å². The summed E-state index contributed by atoms with van der Waals surface area (Å²) in [5, 5.41) is 19.2. The number of halogens is 3. The zero-order valence-electron chi connectivity index (χ0n) is 15.1. The van der Waals surface area contributed by atoms with Crippen LogP contribution in [0.15, 0.2) is 48.2 Å². The van der Waals surface area contributed by atoms with Crippen LogP contribution in [0, 0.1) is 12.3 Å². The molecule has 0 fully saturated rings. The third-order valence-corrected chi connectivity index (χ3v) is 4.71. The van der Waals surface area contributed by atoms with Crippen molar-refractivity contribution < 1.29 is 23.0 Å². The number of ether oxygens (including phenoxy) is 1. The first kappa shape index (κ1) is 18.8. The topological polar surface area (TPSA) is 56.6 Å². The summed E-state index contributed by atoms with van der Waals surface area (Å²) in [5.41, 5.74) is 0.900. The number of likely N-dealkylation sites (N-methyl/N-ethyl adjacent to an activating group) is 1. The molecule has 1 atom stereocenters. The van der Waals surface area contributed by atoms with Crippen LogP contribution >= 0.6 is 0 Å². The largest absolute Gasteiger partial charge is 0.509 e. The monoisotopic (exact) mass is 376 g/mol. The van der Waals surface area contributed by atoms with E-state index in [4.69, 9.17) is 10.1 Å². The van der Waals surface area contributed by atoms with Crippen molar-refractivity contribution in [3.05, 3.63) is 70.5 Å². The summed E-state index contributed by atoms with van der Waals surface area (Å²) >= 11 is 0. The average molecular weight is 376 g/mol. The molecule has 27 heavy (non-hydrogen) atoms. The number of aryl methyl sites for hydroxylation is 1. The Kier molecular flexibility index (Phi) is 4.63. The number of aliphatic hydroxyl groups is 1. The Balaban J connectivity index is 2.15. The van der Waals surface area contributed by atoms with Gasteiger partial charge in [0.15, 0.2) is 0 Å². The summed E-state index contributed by atoms with van der Waals surface area (Å²) in [6.45, 7) is 1.86. The molecule has 3 rings (SSSR count). The van der Waals surface area contributed by atoms with Gasteiger partial charge in [0.05, 0.1) is 18.2 Å². The highest BCUT2D eigenvalue weighted by atomic mass is 19.4. The molecule has 4 nitrogen and oxygen atoms in total. The Bertz CT molecular complexity index is 935. The van der Waals surface area contributed by atoms with E-state index in [-0.39, 0.29) is 22.7 Å². The van der Waals surface area contributed by atoms with Crippen LogP contribution in [0.3, 0.4) is 0 Å². The van der Waals surface area contributed by atoms with Crippen LogP contribution < -0.4 is 4.74 Å². The van der Waals surface area contributed by atoms with E-state index < -0.39 is 17.8 Å². The molecule has 0 aliphatic carbocycles. The second kappa shape index (κ2) is 6.64. The van der Waals surface area contributed by atoms with Crippen LogP contribution in [-0.2, 0) is 6.18 Å². The van der Waals surface area contributed by atoms with E-state index in [0.717, 1.165) is 17.7 Å². The van der Waals surface area contributed by atoms with Gasteiger partial charge < -0.3 is 14.7 Å². The first-order chi connectivity index (χ1) is 12.7. The number of nitrogens with zero attached hydrogens (tertiary/aromatic N) is 1. The van der Waals surface area contributed by atoms with Crippen LogP contribution in [0.5, 0.6) is 5.75 Å². The van der Waals surface area contributed by atoms with Crippen LogP contribution in [0.4, 0.5) is 13.2 Å². The predicted molar refractivity (Wildman–Crippen MR) is 97.0 cm³/mol. The fourth-order valence-corrected chi connectivity index (χ4v) is 3.41. The highest BCUT2D eigenvalue weighted by Crippen LogP contribution is 2.44. The first-order valence-corrected chi connectivity index (χ1v) is 8.22. The van der Waals surface area contributed by atoms with Crippen molar-refractivity contribution in [3.8, 4) is 5.75 Å². The Labute approximate surface area is 155 Å². The Morgan fingerprint density at radius 3 is 2.44 bits per heavy atom. The molecule has 1 unspecified atom stereocenters. The van der Waals surface area contributed by atoms with Crippen molar-refractivity contribution in [2.24, 2.45) is 0 Å². The summed E-state index contributed by atoms with van der Waals surface area (Å²) in [7, 11) is 3.13. The molecule has 0 saturated carbocycles. The van der Waals surface area contributed by atoms with Crippen molar-refractivity contribution in [2.75, 3.05) is 14.2 Å². The third kappa shape index (κ3) is 3.13. The minimum atomic E-state index is -4.50. The number of nitrogens with one attached hydrogen (secondary N) is 1. The lowest BCUT2D eigenvalue weighted by Gasteiger charge is -2.25. The van der Waals surface area contributed by atoms with E-state index in [9.17, 15) is 18.3 Å². The molecule has 1 aliphatic rings. The van der Waals surface area contributed by atoms with Gasteiger partial charge in [0.1, 0.15) is 23.4 Å². The molecule has 0 bridgehead atoms. The quantitative estimate of drug-likeness (QED) is 0.796. The fraction of sp³-hybridized carbons (Fsp3) is 0.250. The molecular weight excluding hydrogens is 357 g/mol. The van der Waals surface area contributed by atoms with Gasteiger partial charge in [0.2, 0.25) is 0 Å². The third-order valence-electron chi connectivity index (χ3n) is 4.71. The van der Waals surface area contributed by atoms with Crippen molar-refractivity contribution >= 4 is 11.4 Å². The molecular formula is C20H19F3N2O2. The number of aliphatic hydroxyl groups excluding tert-OH is 1. The van der Waals surface area contributed by atoms with Gasteiger partial charge in [-0.2, -0.15) is 13.2 Å². The smallest absolute Gasteiger partial charge is 0.416 e. The number of amidine groups is 1. The normalized spacial score (nSPS) is 17.6. The van der Waals surface area contributed by atoms with Crippen LogP contribution in [0.25, 0.3) is 5.57 Å². The van der Waals surface area contributed by atoms with Crippen molar-refractivity contribution in [3.63, 3.8) is 0 Å². The van der Waals surface area contributed by atoms with Gasteiger partial charge in [-0.3, -0.25) is 5.41 Å². The van der Waals surface area contributed by atoms with E-state index >= 15 is 0 Å². The molecule has 2 aromatic carbocycles. The van der Waals surface area contributed by atoms with Gasteiger partial charge in [0.25, 0.3) is 0 Å². The van der Waals surface area contributed by atoms with Crippen molar-refractivity contribution in [1.29, 1.82) is 5.41 Å². The van der Waals surface area contributed by atoms with Gasteiger partial charge in [-0.1, -0.05) is 30.3 Å². The molecule has 0 saturated heterocycles. The summed E-state index contributed by atoms with van der Waals surface area (Å²) in [6, 6.07) is 9.36. The Morgan fingerprint density at radius 2 is 1.81 bits per heavy atom. The number of hydrogen-bond acceptors (Lipinski definition) is 3. The highest BCUT2D eigenvalue weighted by molar-refractivity contribution is 6.24. The lowest BCUT2D eigenvalue weighted by molar-refractivity contribution is -0.137. The Hall–Kier alpha value is -2.96. The predicted octanol–water partition coefficient (Wildman–Crippen LogP) is 4.96. The molecule has 0 radical (unpaired) electrons. The van der Waals surface area contributed by atoms with Gasteiger partial charge >= 0.3 is 6.18 Å². The van der Waals surface area contributed by atoms with Gasteiger partial charge in [-0.15, -0.1) is 0 Å². The molecule has 0 spiro atoms. The number of para-hydroxylation sites is 1. The summed E-state index contributed by atoms with van der Waals surface area (Å²) in [6.07, 6.45) is -4.50. The lowest BCUT2D eigenvalue weighted by atomic mass is 9.98. The Morgan fingerprint density at radius 1 is 1.15 bits per heavy atom. The van der Waals surface area contributed by atoms with E-state index in [1.54, 1.807) is 19.2 Å². The maximum Gasteiger partial charge on any atom is 0.416 e. The van der Waals surface area contributed by atoms with E-state index in [1.807, 2.05) is 13.0 Å². The van der Waals surface area contributed by atoms with Gasteiger partial charge in [0, 0.05) is 12.6 Å². The molecule has 1 heterocycles. The van der Waals surface area contributed by atoms with Gasteiger partial charge in [-0.05, 0) is 30.2 Å². The molecule has 1 aliphatic heterocycles. The number of hydrogen-bond donors (Lipinski definition) is 2. The van der Waals surface area contributed by atoms with E-state index in [2.05, 4.69) is 0 Å². The lowest BCUT2D eigenvalue weighted by Crippen LogP contribution is -2.25. The number of benzene rings is 2. The van der Waals surface area contributed by atoms with Crippen molar-refractivity contribution in [2.45, 2.75) is 19.1 Å². The molecule has 2 aromatic rings. The minimum absolute atomic E-state index is 0.0552. The maximum absolute atomic E-state index is 13.1. The van der Waals surface area contributed by atoms with Crippen LogP contribution in [0.2, 0.25) is 0 Å². The van der Waals surface area contributed by atoms with Crippen molar-refractivity contribution in [1.82, 2.24) is 4.90 Å². The zero-order chi connectivity index (χ0) is 19.9. The minimum Gasteiger partial charge on any atom is -0.509 e. The number of methoxy groups -OCH3 is 1. The SMILES string of the molecule is COc1c(C)cccc1C1C(O)=C(c2cccc(C(F)(F)F)c2)C(=N)N1C. The van der Waals surface area contributed by atoms with E-state index in [0.29, 0.717) is 11.3 Å². The second-order valence-corrected chi connectivity index (χ2v) is 6.40. The molecule has 0 amide bonds. The van der Waals surface area contributed by atoms with Gasteiger partial charge in [-0.25, -0.2) is 0 Å². The van der Waals surface area contributed by atoms with Crippen LogP contribution in [0.1, 0.15) is 28.3 Å². The van der Waals surface area contributed by atoms with Crippen LogP contribution in [-0.4, -0.2) is 30.0 Å². The maximum atomic E-state index is 13.1. The molecule has 2 N–H and O–H groups in total.